The lowest BCUT2D eigenvalue weighted by molar-refractivity contribution is -0.146. The first-order chi connectivity index (χ1) is 10.1. The minimum absolute atomic E-state index is 0.204. The molecule has 1 aromatic carbocycles. The lowest BCUT2D eigenvalue weighted by atomic mass is 10.2. The minimum Gasteiger partial charge on any atom is -0.480 e. The predicted octanol–water partition coefficient (Wildman–Crippen LogP) is 1.50. The molecule has 1 saturated heterocycles. The summed E-state index contributed by atoms with van der Waals surface area (Å²) in [4.78, 5) is 24.6. The van der Waals surface area contributed by atoms with Crippen molar-refractivity contribution in [3.05, 3.63) is 29.8 Å². The molecule has 2 heterocycles. The smallest absolute Gasteiger partial charge is 0.326 e. The molecule has 0 aliphatic carbocycles. The number of hydrogen-bond acceptors (Lipinski definition) is 4. The first-order valence-electron chi connectivity index (χ1n) is 6.76. The van der Waals surface area contributed by atoms with Crippen LogP contribution >= 0.6 is 0 Å². The quantitative estimate of drug-likeness (QED) is 0.853. The van der Waals surface area contributed by atoms with E-state index in [1.54, 1.807) is 18.2 Å². The normalized spacial score (nSPS) is 20.2. The molecule has 1 N–H and O–H groups in total. The molecule has 6 heteroatoms. The van der Waals surface area contributed by atoms with Crippen molar-refractivity contribution < 1.29 is 24.2 Å². The molecule has 6 nitrogen and oxygen atoms in total. The number of nitrogens with zero attached hydrogens (tertiary/aromatic N) is 1. The van der Waals surface area contributed by atoms with E-state index in [1.165, 1.54) is 11.0 Å². The Balaban J connectivity index is 1.71. The number of likely N-dealkylation sites (tertiary alicyclic amines) is 1. The number of fused-ring (bicyclic) bond motifs is 1. The molecule has 1 atom stereocenters. The van der Waals surface area contributed by atoms with Crippen molar-refractivity contribution in [2.75, 3.05) is 13.3 Å². The number of carboxylic acids is 1. The van der Waals surface area contributed by atoms with E-state index in [0.29, 0.717) is 24.5 Å². The lowest BCUT2D eigenvalue weighted by Gasteiger charge is -2.19. The Morgan fingerprint density at radius 1 is 1.29 bits per heavy atom. The van der Waals surface area contributed by atoms with Crippen LogP contribution in [0.4, 0.5) is 0 Å². The van der Waals surface area contributed by atoms with Crippen LogP contribution in [0.15, 0.2) is 24.3 Å². The third-order valence-electron chi connectivity index (χ3n) is 3.64. The van der Waals surface area contributed by atoms with Crippen molar-refractivity contribution >= 4 is 18.0 Å². The number of aliphatic carboxylic acids is 1. The van der Waals surface area contributed by atoms with Crippen molar-refractivity contribution in [2.45, 2.75) is 18.9 Å². The standard InChI is InChI=1S/C15H15NO5/c17-14(16-7-1-2-11(16)15(18)19)6-4-10-3-5-12-13(8-10)21-9-20-12/h3-6,8,11H,1-2,7,9H2,(H,18,19)/b6-4+/t11-/m0/s1. The molecule has 2 aliphatic heterocycles. The average Bonchev–Trinajstić information content (AvgIpc) is 3.12. The molecule has 0 spiro atoms. The van der Waals surface area contributed by atoms with Gasteiger partial charge in [0.1, 0.15) is 6.04 Å². The van der Waals surface area contributed by atoms with Gasteiger partial charge in [0, 0.05) is 12.6 Å². The van der Waals surface area contributed by atoms with Crippen LogP contribution in [0.3, 0.4) is 0 Å². The van der Waals surface area contributed by atoms with Gasteiger partial charge in [-0.15, -0.1) is 0 Å². The second-order valence-corrected chi connectivity index (χ2v) is 4.97. The highest BCUT2D eigenvalue weighted by atomic mass is 16.7. The fraction of sp³-hybridized carbons (Fsp3) is 0.333. The summed E-state index contributed by atoms with van der Waals surface area (Å²) in [6, 6.07) is 4.67. The van der Waals surface area contributed by atoms with Crippen molar-refractivity contribution in [3.8, 4) is 11.5 Å². The second kappa shape index (κ2) is 5.47. The Morgan fingerprint density at radius 3 is 2.90 bits per heavy atom. The summed E-state index contributed by atoms with van der Waals surface area (Å²) in [6.45, 7) is 0.691. The van der Waals surface area contributed by atoms with Crippen LogP contribution in [0.25, 0.3) is 6.08 Å². The number of carboxylic acid groups (broad SMARTS) is 1. The molecule has 0 aromatic heterocycles. The van der Waals surface area contributed by atoms with Gasteiger partial charge >= 0.3 is 5.97 Å². The van der Waals surface area contributed by atoms with Gasteiger partial charge in [-0.2, -0.15) is 0 Å². The van der Waals surface area contributed by atoms with E-state index in [0.717, 1.165) is 12.0 Å². The molecule has 0 saturated carbocycles. The maximum absolute atomic E-state index is 12.1. The summed E-state index contributed by atoms with van der Waals surface area (Å²) in [7, 11) is 0. The number of carbonyl (C=O) groups excluding carboxylic acids is 1. The van der Waals surface area contributed by atoms with Crippen LogP contribution in [0.2, 0.25) is 0 Å². The monoisotopic (exact) mass is 289 g/mol. The van der Waals surface area contributed by atoms with Gasteiger partial charge in [0.15, 0.2) is 11.5 Å². The lowest BCUT2D eigenvalue weighted by Crippen LogP contribution is -2.39. The first-order valence-corrected chi connectivity index (χ1v) is 6.76. The Hall–Kier alpha value is -2.50. The van der Waals surface area contributed by atoms with Gasteiger partial charge in [-0.05, 0) is 36.6 Å². The summed E-state index contributed by atoms with van der Waals surface area (Å²) >= 11 is 0. The van der Waals surface area contributed by atoms with Gasteiger partial charge in [-0.3, -0.25) is 4.79 Å². The molecule has 1 aromatic rings. The van der Waals surface area contributed by atoms with Gasteiger partial charge in [-0.1, -0.05) is 6.07 Å². The highest BCUT2D eigenvalue weighted by molar-refractivity contribution is 5.94. The molecule has 0 radical (unpaired) electrons. The fourth-order valence-electron chi connectivity index (χ4n) is 2.57. The first kappa shape index (κ1) is 13.5. The summed E-state index contributed by atoms with van der Waals surface area (Å²) < 4.78 is 10.5. The zero-order valence-corrected chi connectivity index (χ0v) is 11.3. The van der Waals surface area contributed by atoms with Crippen LogP contribution in [0.1, 0.15) is 18.4 Å². The van der Waals surface area contributed by atoms with Crippen molar-refractivity contribution in [1.82, 2.24) is 4.90 Å². The van der Waals surface area contributed by atoms with Crippen molar-refractivity contribution in [3.63, 3.8) is 0 Å². The zero-order chi connectivity index (χ0) is 14.8. The fourth-order valence-corrected chi connectivity index (χ4v) is 2.57. The van der Waals surface area contributed by atoms with E-state index >= 15 is 0 Å². The molecule has 1 amide bonds. The van der Waals surface area contributed by atoms with Gasteiger partial charge in [0.2, 0.25) is 12.7 Å². The molecule has 21 heavy (non-hydrogen) atoms. The zero-order valence-electron chi connectivity index (χ0n) is 11.3. The van der Waals surface area contributed by atoms with Gasteiger partial charge in [-0.25, -0.2) is 4.79 Å². The molecular weight excluding hydrogens is 274 g/mol. The number of carbonyl (C=O) groups is 2. The summed E-state index contributed by atoms with van der Waals surface area (Å²) in [6.07, 6.45) is 4.29. The topological polar surface area (TPSA) is 76.1 Å². The van der Waals surface area contributed by atoms with Crippen LogP contribution in [-0.4, -0.2) is 41.3 Å². The number of benzene rings is 1. The Morgan fingerprint density at radius 2 is 2.10 bits per heavy atom. The predicted molar refractivity (Wildman–Crippen MR) is 74.0 cm³/mol. The average molecular weight is 289 g/mol. The molecule has 0 unspecified atom stereocenters. The van der Waals surface area contributed by atoms with Gasteiger partial charge in [0.05, 0.1) is 0 Å². The van der Waals surface area contributed by atoms with E-state index in [-0.39, 0.29) is 12.7 Å². The van der Waals surface area contributed by atoms with Crippen LogP contribution in [-0.2, 0) is 9.59 Å². The number of ether oxygens (including phenoxy) is 2. The summed E-state index contributed by atoms with van der Waals surface area (Å²) in [5, 5.41) is 9.08. The summed E-state index contributed by atoms with van der Waals surface area (Å²) in [5.41, 5.74) is 0.804. The molecule has 3 rings (SSSR count). The van der Waals surface area contributed by atoms with Crippen LogP contribution in [0.5, 0.6) is 11.5 Å². The number of amides is 1. The molecule has 110 valence electrons. The maximum atomic E-state index is 12.1. The molecule has 2 aliphatic rings. The van der Waals surface area contributed by atoms with Crippen LogP contribution in [0, 0.1) is 0 Å². The largest absolute Gasteiger partial charge is 0.480 e. The molecular formula is C15H15NO5. The van der Waals surface area contributed by atoms with E-state index < -0.39 is 12.0 Å². The number of rotatable bonds is 3. The van der Waals surface area contributed by atoms with Crippen molar-refractivity contribution in [1.29, 1.82) is 0 Å². The second-order valence-electron chi connectivity index (χ2n) is 4.97. The van der Waals surface area contributed by atoms with E-state index in [1.807, 2.05) is 6.07 Å². The Bertz CT molecular complexity index is 610. The highest BCUT2D eigenvalue weighted by Gasteiger charge is 2.32. The van der Waals surface area contributed by atoms with Gasteiger partial charge in [0.25, 0.3) is 0 Å². The third kappa shape index (κ3) is 2.69. The van der Waals surface area contributed by atoms with Gasteiger partial charge < -0.3 is 19.5 Å². The SMILES string of the molecule is O=C(O)[C@@H]1CCCN1C(=O)/C=C/c1ccc2c(c1)OCO2. The van der Waals surface area contributed by atoms with Crippen LogP contribution < -0.4 is 9.47 Å². The summed E-state index contributed by atoms with van der Waals surface area (Å²) in [5.74, 6) is 0.105. The third-order valence-corrected chi connectivity index (χ3v) is 3.64. The van der Waals surface area contributed by atoms with E-state index in [2.05, 4.69) is 0 Å². The Kier molecular flexibility index (Phi) is 3.51. The van der Waals surface area contributed by atoms with E-state index in [4.69, 9.17) is 14.6 Å². The molecule has 1 fully saturated rings. The minimum atomic E-state index is -0.947. The van der Waals surface area contributed by atoms with E-state index in [9.17, 15) is 9.59 Å². The number of hydrogen-bond donors (Lipinski definition) is 1. The molecule has 0 bridgehead atoms. The highest BCUT2D eigenvalue weighted by Crippen LogP contribution is 2.32. The Labute approximate surface area is 121 Å². The maximum Gasteiger partial charge on any atom is 0.326 e. The van der Waals surface area contributed by atoms with Crippen molar-refractivity contribution in [2.24, 2.45) is 0 Å².